The summed E-state index contributed by atoms with van der Waals surface area (Å²) in [7, 11) is 1.94. The lowest BCUT2D eigenvalue weighted by Gasteiger charge is -2.23. The van der Waals surface area contributed by atoms with Crippen LogP contribution in [0.15, 0.2) is 22.7 Å². The summed E-state index contributed by atoms with van der Waals surface area (Å²) in [6.45, 7) is 3.20. The van der Waals surface area contributed by atoms with Gasteiger partial charge < -0.3 is 15.5 Å². The SMILES string of the molecule is CNCc1ccc(N2CCNC(=O)CC2)c(Br)c1. The van der Waals surface area contributed by atoms with Crippen LogP contribution >= 0.6 is 15.9 Å². The van der Waals surface area contributed by atoms with Gasteiger partial charge in [0, 0.05) is 37.1 Å². The zero-order chi connectivity index (χ0) is 13.0. The van der Waals surface area contributed by atoms with Crippen molar-refractivity contribution in [1.82, 2.24) is 10.6 Å². The number of hydrogen-bond acceptors (Lipinski definition) is 3. The number of carbonyl (C=O) groups excluding carboxylic acids is 1. The minimum Gasteiger partial charge on any atom is -0.368 e. The number of nitrogens with one attached hydrogen (secondary N) is 2. The third kappa shape index (κ3) is 3.23. The smallest absolute Gasteiger partial charge is 0.221 e. The Morgan fingerprint density at radius 2 is 2.28 bits per heavy atom. The van der Waals surface area contributed by atoms with Gasteiger partial charge in [0.1, 0.15) is 0 Å². The van der Waals surface area contributed by atoms with E-state index in [0.29, 0.717) is 13.0 Å². The predicted octanol–water partition coefficient (Wildman–Crippen LogP) is 1.49. The van der Waals surface area contributed by atoms with Crippen molar-refractivity contribution >= 4 is 27.5 Å². The van der Waals surface area contributed by atoms with E-state index in [1.54, 1.807) is 0 Å². The average Bonchev–Trinajstić information content (AvgIpc) is 2.55. The Bertz CT molecular complexity index is 436. The van der Waals surface area contributed by atoms with Crippen LogP contribution in [-0.4, -0.2) is 32.6 Å². The van der Waals surface area contributed by atoms with Gasteiger partial charge in [0.15, 0.2) is 0 Å². The molecule has 1 aromatic rings. The van der Waals surface area contributed by atoms with Crippen molar-refractivity contribution in [3.63, 3.8) is 0 Å². The summed E-state index contributed by atoms with van der Waals surface area (Å²) in [4.78, 5) is 13.6. The van der Waals surface area contributed by atoms with Gasteiger partial charge in [-0.15, -0.1) is 0 Å². The molecule has 1 aliphatic heterocycles. The Kier molecular flexibility index (Phi) is 4.60. The highest BCUT2D eigenvalue weighted by Gasteiger charge is 2.15. The van der Waals surface area contributed by atoms with Crippen LogP contribution in [0.2, 0.25) is 0 Å². The van der Waals surface area contributed by atoms with E-state index in [-0.39, 0.29) is 5.91 Å². The lowest BCUT2D eigenvalue weighted by Crippen LogP contribution is -2.28. The normalized spacial score (nSPS) is 16.3. The predicted molar refractivity (Wildman–Crippen MR) is 76.7 cm³/mol. The van der Waals surface area contributed by atoms with Gasteiger partial charge in [0.2, 0.25) is 5.91 Å². The fourth-order valence-corrected chi connectivity index (χ4v) is 2.81. The maximum atomic E-state index is 11.3. The zero-order valence-corrected chi connectivity index (χ0v) is 12.1. The Morgan fingerprint density at radius 3 is 3.00 bits per heavy atom. The van der Waals surface area contributed by atoms with E-state index in [1.807, 2.05) is 7.05 Å². The molecule has 4 nitrogen and oxygen atoms in total. The summed E-state index contributed by atoms with van der Waals surface area (Å²) in [5.41, 5.74) is 2.41. The zero-order valence-electron chi connectivity index (χ0n) is 10.5. The van der Waals surface area contributed by atoms with E-state index >= 15 is 0 Å². The second-order valence-corrected chi connectivity index (χ2v) is 5.26. The molecule has 1 saturated heterocycles. The van der Waals surface area contributed by atoms with Crippen LogP contribution in [0, 0.1) is 0 Å². The van der Waals surface area contributed by atoms with Crippen LogP contribution in [-0.2, 0) is 11.3 Å². The molecule has 1 aromatic carbocycles. The summed E-state index contributed by atoms with van der Waals surface area (Å²) in [6.07, 6.45) is 0.560. The van der Waals surface area contributed by atoms with Crippen LogP contribution in [0.25, 0.3) is 0 Å². The van der Waals surface area contributed by atoms with E-state index in [2.05, 4.69) is 49.7 Å². The number of hydrogen-bond donors (Lipinski definition) is 2. The molecule has 0 radical (unpaired) electrons. The number of amides is 1. The maximum absolute atomic E-state index is 11.3. The van der Waals surface area contributed by atoms with Gasteiger partial charge in [-0.05, 0) is 40.7 Å². The molecule has 1 fully saturated rings. The van der Waals surface area contributed by atoms with Crippen LogP contribution in [0.4, 0.5) is 5.69 Å². The first-order chi connectivity index (χ1) is 8.70. The van der Waals surface area contributed by atoms with Crippen LogP contribution in [0.1, 0.15) is 12.0 Å². The maximum Gasteiger partial charge on any atom is 0.221 e. The molecule has 1 aliphatic rings. The lowest BCUT2D eigenvalue weighted by atomic mass is 10.2. The molecule has 0 saturated carbocycles. The highest BCUT2D eigenvalue weighted by Crippen LogP contribution is 2.27. The minimum atomic E-state index is 0.139. The van der Waals surface area contributed by atoms with Gasteiger partial charge in [-0.25, -0.2) is 0 Å². The molecule has 1 heterocycles. The Hall–Kier alpha value is -1.07. The van der Waals surface area contributed by atoms with Gasteiger partial charge in [0.25, 0.3) is 0 Å². The number of anilines is 1. The quantitative estimate of drug-likeness (QED) is 0.889. The number of halogens is 1. The number of carbonyl (C=O) groups is 1. The van der Waals surface area contributed by atoms with Gasteiger partial charge in [-0.2, -0.15) is 0 Å². The number of rotatable bonds is 3. The fourth-order valence-electron chi connectivity index (χ4n) is 2.13. The molecule has 5 heteroatoms. The van der Waals surface area contributed by atoms with Crippen LogP contribution in [0.3, 0.4) is 0 Å². The molecule has 98 valence electrons. The van der Waals surface area contributed by atoms with E-state index in [0.717, 1.165) is 29.8 Å². The fraction of sp³-hybridized carbons (Fsp3) is 0.462. The standard InChI is InChI=1S/C13H18BrN3O/c1-15-9-10-2-3-12(11(14)8-10)17-6-4-13(18)16-5-7-17/h2-3,8,15H,4-7,9H2,1H3,(H,16,18). The Balaban J connectivity index is 2.14. The summed E-state index contributed by atoms with van der Waals surface area (Å²) in [6, 6.07) is 6.37. The highest BCUT2D eigenvalue weighted by atomic mass is 79.9. The second-order valence-electron chi connectivity index (χ2n) is 4.40. The summed E-state index contributed by atoms with van der Waals surface area (Å²) in [5.74, 6) is 0.139. The molecule has 0 aliphatic carbocycles. The molecule has 0 unspecified atom stereocenters. The molecule has 0 aromatic heterocycles. The van der Waals surface area contributed by atoms with E-state index in [9.17, 15) is 4.79 Å². The molecule has 0 bridgehead atoms. The molecular formula is C13H18BrN3O. The topological polar surface area (TPSA) is 44.4 Å². The molecule has 0 spiro atoms. The van der Waals surface area contributed by atoms with Crippen LogP contribution in [0.5, 0.6) is 0 Å². The van der Waals surface area contributed by atoms with Gasteiger partial charge in [-0.1, -0.05) is 6.07 Å². The van der Waals surface area contributed by atoms with Crippen LogP contribution < -0.4 is 15.5 Å². The van der Waals surface area contributed by atoms with Crippen molar-refractivity contribution in [1.29, 1.82) is 0 Å². The average molecular weight is 312 g/mol. The van der Waals surface area contributed by atoms with Gasteiger partial charge >= 0.3 is 0 Å². The van der Waals surface area contributed by atoms with Crippen molar-refractivity contribution in [3.05, 3.63) is 28.2 Å². The van der Waals surface area contributed by atoms with Crippen molar-refractivity contribution in [2.45, 2.75) is 13.0 Å². The minimum absolute atomic E-state index is 0.139. The van der Waals surface area contributed by atoms with E-state index in [4.69, 9.17) is 0 Å². The first-order valence-corrected chi connectivity index (χ1v) is 6.94. The summed E-state index contributed by atoms with van der Waals surface area (Å²) < 4.78 is 1.09. The molecule has 1 amide bonds. The molecular weight excluding hydrogens is 294 g/mol. The Morgan fingerprint density at radius 1 is 1.44 bits per heavy atom. The first-order valence-electron chi connectivity index (χ1n) is 6.15. The van der Waals surface area contributed by atoms with E-state index in [1.165, 1.54) is 5.56 Å². The first kappa shape index (κ1) is 13.4. The monoisotopic (exact) mass is 311 g/mol. The third-order valence-electron chi connectivity index (χ3n) is 3.05. The molecule has 2 N–H and O–H groups in total. The van der Waals surface area contributed by atoms with Gasteiger partial charge in [0.05, 0.1) is 5.69 Å². The van der Waals surface area contributed by atoms with Gasteiger partial charge in [-0.3, -0.25) is 4.79 Å². The Labute approximate surface area is 116 Å². The van der Waals surface area contributed by atoms with Crippen molar-refractivity contribution in [3.8, 4) is 0 Å². The lowest BCUT2D eigenvalue weighted by molar-refractivity contribution is -0.120. The molecule has 0 atom stereocenters. The summed E-state index contributed by atoms with van der Waals surface area (Å²) in [5, 5.41) is 6.03. The third-order valence-corrected chi connectivity index (χ3v) is 3.68. The van der Waals surface area contributed by atoms with Crippen molar-refractivity contribution in [2.75, 3.05) is 31.6 Å². The molecule has 18 heavy (non-hydrogen) atoms. The highest BCUT2D eigenvalue weighted by molar-refractivity contribution is 9.10. The van der Waals surface area contributed by atoms with Crippen molar-refractivity contribution < 1.29 is 4.79 Å². The summed E-state index contributed by atoms with van der Waals surface area (Å²) >= 11 is 3.62. The second kappa shape index (κ2) is 6.20. The van der Waals surface area contributed by atoms with Crippen molar-refractivity contribution in [2.24, 2.45) is 0 Å². The number of nitrogens with zero attached hydrogens (tertiary/aromatic N) is 1. The molecule has 2 rings (SSSR count). The number of benzene rings is 1. The van der Waals surface area contributed by atoms with E-state index < -0.39 is 0 Å². The largest absolute Gasteiger partial charge is 0.368 e.